The van der Waals surface area contributed by atoms with Crippen molar-refractivity contribution in [2.24, 2.45) is 5.16 Å². The van der Waals surface area contributed by atoms with Crippen molar-refractivity contribution in [1.82, 2.24) is 15.3 Å². The minimum atomic E-state index is -0.299. The lowest BCUT2D eigenvalue weighted by Crippen LogP contribution is -2.43. The zero-order valence-corrected chi connectivity index (χ0v) is 18.3. The van der Waals surface area contributed by atoms with Crippen LogP contribution in [0, 0.1) is 6.92 Å². The first-order valence-corrected chi connectivity index (χ1v) is 10.8. The van der Waals surface area contributed by atoms with Crippen LogP contribution in [-0.4, -0.2) is 64.8 Å². The molecule has 0 aromatic carbocycles. The van der Waals surface area contributed by atoms with Gasteiger partial charge >= 0.3 is 0 Å². The van der Waals surface area contributed by atoms with Gasteiger partial charge in [0, 0.05) is 36.6 Å². The largest absolute Gasteiger partial charge is 0.394 e. The Balaban J connectivity index is 1.46. The molecule has 3 unspecified atom stereocenters. The van der Waals surface area contributed by atoms with Crippen molar-refractivity contribution in [3.8, 4) is 0 Å². The molecule has 4 rings (SSSR count). The molecule has 2 aromatic rings. The molecule has 0 saturated carbocycles. The first-order valence-electron chi connectivity index (χ1n) is 10.8. The summed E-state index contributed by atoms with van der Waals surface area (Å²) in [5, 5.41) is 16.4. The number of amides is 1. The van der Waals surface area contributed by atoms with E-state index < -0.39 is 0 Å². The zero-order valence-electron chi connectivity index (χ0n) is 18.3. The van der Waals surface area contributed by atoms with Crippen LogP contribution in [0.2, 0.25) is 0 Å². The summed E-state index contributed by atoms with van der Waals surface area (Å²) in [6.07, 6.45) is 3.75. The first-order chi connectivity index (χ1) is 15.6. The van der Waals surface area contributed by atoms with Crippen molar-refractivity contribution in [3.63, 3.8) is 0 Å². The summed E-state index contributed by atoms with van der Waals surface area (Å²) in [5.41, 5.74) is 4.59. The molecule has 9 nitrogen and oxygen atoms in total. The molecular weight excluding hydrogens is 412 g/mol. The Kier molecular flexibility index (Phi) is 7.09. The number of aromatic nitrogens is 2. The highest BCUT2D eigenvalue weighted by Crippen LogP contribution is 2.25. The van der Waals surface area contributed by atoms with E-state index in [2.05, 4.69) is 20.4 Å². The van der Waals surface area contributed by atoms with Crippen LogP contribution in [0.15, 0.2) is 35.7 Å². The third-order valence-electron chi connectivity index (χ3n) is 5.73. The Labute approximate surface area is 186 Å². The molecule has 1 amide bonds. The Morgan fingerprint density at radius 1 is 1.22 bits per heavy atom. The molecule has 3 atom stereocenters. The average Bonchev–Trinajstić information content (AvgIpc) is 3.33. The second-order valence-electron chi connectivity index (χ2n) is 7.91. The Morgan fingerprint density at radius 2 is 2.03 bits per heavy atom. The van der Waals surface area contributed by atoms with Crippen molar-refractivity contribution in [2.45, 2.75) is 51.5 Å². The third kappa shape index (κ3) is 4.95. The number of carbonyl (C=O) groups excluding carboxylic acids is 1. The number of nitrogens with zero attached hydrogens (tertiary/aromatic N) is 3. The van der Waals surface area contributed by atoms with E-state index in [1.807, 2.05) is 26.0 Å². The summed E-state index contributed by atoms with van der Waals surface area (Å²) in [4.78, 5) is 27.3. The fourth-order valence-corrected chi connectivity index (χ4v) is 3.90. The molecule has 2 aliphatic rings. The lowest BCUT2D eigenvalue weighted by molar-refractivity contribution is -0.178. The number of aliphatic hydroxyl groups is 1. The SMILES string of the molecule is CCc1c(C(=O)NCc2ccncc2)cc(C2=NOC(C3COC(CO)CO3)C2)nc1C. The van der Waals surface area contributed by atoms with Gasteiger partial charge in [-0.25, -0.2) is 0 Å². The van der Waals surface area contributed by atoms with Crippen LogP contribution in [0.1, 0.15) is 46.2 Å². The van der Waals surface area contributed by atoms with Crippen LogP contribution in [0.25, 0.3) is 0 Å². The normalized spacial score (nSPS) is 22.8. The molecular formula is C23H28N4O5. The van der Waals surface area contributed by atoms with Gasteiger partial charge in [0.2, 0.25) is 0 Å². The maximum atomic E-state index is 13.0. The number of ether oxygens (including phenoxy) is 2. The number of aliphatic hydroxyl groups excluding tert-OH is 1. The molecule has 0 aliphatic carbocycles. The highest BCUT2D eigenvalue weighted by atomic mass is 16.7. The number of carbonyl (C=O) groups is 1. The van der Waals surface area contributed by atoms with Gasteiger partial charge in [-0.15, -0.1) is 0 Å². The van der Waals surface area contributed by atoms with Gasteiger partial charge in [-0.2, -0.15) is 0 Å². The van der Waals surface area contributed by atoms with E-state index in [-0.39, 0.29) is 30.8 Å². The Hall–Kier alpha value is -2.88. The highest BCUT2D eigenvalue weighted by molar-refractivity contribution is 6.03. The predicted molar refractivity (Wildman–Crippen MR) is 116 cm³/mol. The predicted octanol–water partition coefficient (Wildman–Crippen LogP) is 1.55. The molecule has 32 heavy (non-hydrogen) atoms. The molecule has 170 valence electrons. The molecule has 2 N–H and O–H groups in total. The quantitative estimate of drug-likeness (QED) is 0.671. The monoisotopic (exact) mass is 440 g/mol. The average molecular weight is 441 g/mol. The number of hydrogen-bond acceptors (Lipinski definition) is 8. The van der Waals surface area contributed by atoms with Crippen LogP contribution in [0.5, 0.6) is 0 Å². The number of rotatable bonds is 7. The summed E-state index contributed by atoms with van der Waals surface area (Å²) in [6, 6.07) is 5.53. The van der Waals surface area contributed by atoms with Crippen LogP contribution in [0.3, 0.4) is 0 Å². The summed E-state index contributed by atoms with van der Waals surface area (Å²) >= 11 is 0. The molecule has 0 radical (unpaired) electrons. The van der Waals surface area contributed by atoms with Crippen molar-refractivity contribution < 1.29 is 24.2 Å². The summed E-state index contributed by atoms with van der Waals surface area (Å²) in [5.74, 6) is -0.152. The molecule has 9 heteroatoms. The van der Waals surface area contributed by atoms with E-state index in [0.29, 0.717) is 49.6 Å². The summed E-state index contributed by atoms with van der Waals surface area (Å²) < 4.78 is 11.4. The Morgan fingerprint density at radius 3 is 2.72 bits per heavy atom. The molecule has 0 bridgehead atoms. The van der Waals surface area contributed by atoms with Gasteiger partial charge in [0.05, 0.1) is 25.5 Å². The molecule has 2 aliphatic heterocycles. The van der Waals surface area contributed by atoms with Gasteiger partial charge in [-0.1, -0.05) is 12.1 Å². The minimum absolute atomic E-state index is 0.0705. The molecule has 1 saturated heterocycles. The number of pyridine rings is 2. The van der Waals surface area contributed by atoms with E-state index >= 15 is 0 Å². The fraction of sp³-hybridized carbons (Fsp3) is 0.478. The second kappa shape index (κ2) is 10.2. The minimum Gasteiger partial charge on any atom is -0.394 e. The summed E-state index contributed by atoms with van der Waals surface area (Å²) in [6.45, 7) is 4.92. The van der Waals surface area contributed by atoms with E-state index in [9.17, 15) is 9.90 Å². The summed E-state index contributed by atoms with van der Waals surface area (Å²) in [7, 11) is 0. The molecule has 0 spiro atoms. The number of nitrogens with one attached hydrogen (secondary N) is 1. The van der Waals surface area contributed by atoms with Crippen LogP contribution in [0.4, 0.5) is 0 Å². The number of hydrogen-bond donors (Lipinski definition) is 2. The Bertz CT molecular complexity index is 974. The lowest BCUT2D eigenvalue weighted by Gasteiger charge is -2.30. The second-order valence-corrected chi connectivity index (χ2v) is 7.91. The van der Waals surface area contributed by atoms with Crippen LogP contribution < -0.4 is 5.32 Å². The van der Waals surface area contributed by atoms with Crippen molar-refractivity contribution in [1.29, 1.82) is 0 Å². The first kappa shape index (κ1) is 22.3. The standard InChI is InChI=1S/C23H28N4O5/c1-3-17-14(2)26-19(8-18(17)23(29)25-10-15-4-6-24-7-5-15)20-9-21(32-27-20)22-13-30-16(11-28)12-31-22/h4-8,16,21-22,28H,3,9-13H2,1-2H3,(H,25,29). The zero-order chi connectivity index (χ0) is 22.5. The van der Waals surface area contributed by atoms with Crippen molar-refractivity contribution in [2.75, 3.05) is 19.8 Å². The van der Waals surface area contributed by atoms with E-state index in [4.69, 9.17) is 14.3 Å². The lowest BCUT2D eigenvalue weighted by atomic mass is 9.99. The van der Waals surface area contributed by atoms with Crippen molar-refractivity contribution in [3.05, 3.63) is 58.7 Å². The van der Waals surface area contributed by atoms with Gasteiger partial charge in [-0.3, -0.25) is 14.8 Å². The van der Waals surface area contributed by atoms with E-state index in [1.165, 1.54) is 0 Å². The topological polar surface area (TPSA) is 115 Å². The maximum Gasteiger partial charge on any atom is 0.251 e. The third-order valence-corrected chi connectivity index (χ3v) is 5.73. The van der Waals surface area contributed by atoms with Crippen molar-refractivity contribution >= 4 is 11.6 Å². The fourth-order valence-electron chi connectivity index (χ4n) is 3.90. The number of aryl methyl sites for hydroxylation is 1. The maximum absolute atomic E-state index is 13.0. The van der Waals surface area contributed by atoms with Gasteiger partial charge in [0.25, 0.3) is 5.91 Å². The molecule has 2 aromatic heterocycles. The molecule has 1 fully saturated rings. The molecule has 4 heterocycles. The number of oxime groups is 1. The van der Waals surface area contributed by atoms with Gasteiger partial charge in [0.15, 0.2) is 6.10 Å². The smallest absolute Gasteiger partial charge is 0.251 e. The van der Waals surface area contributed by atoms with E-state index in [0.717, 1.165) is 16.8 Å². The van der Waals surface area contributed by atoms with Gasteiger partial charge in [0.1, 0.15) is 17.9 Å². The van der Waals surface area contributed by atoms with Gasteiger partial charge in [-0.05, 0) is 42.7 Å². The van der Waals surface area contributed by atoms with Crippen LogP contribution >= 0.6 is 0 Å². The van der Waals surface area contributed by atoms with Crippen LogP contribution in [-0.2, 0) is 27.3 Å². The van der Waals surface area contributed by atoms with E-state index in [1.54, 1.807) is 18.5 Å². The highest BCUT2D eigenvalue weighted by Gasteiger charge is 2.35. The van der Waals surface area contributed by atoms with Gasteiger partial charge < -0.3 is 24.7 Å².